The summed E-state index contributed by atoms with van der Waals surface area (Å²) >= 11 is 0. The number of ether oxygens (including phenoxy) is 2. The molecule has 0 spiro atoms. The normalized spacial score (nSPS) is 18.6. The molecule has 0 radical (unpaired) electrons. The molecule has 3 aliphatic rings. The number of anilines is 2. The standard InChI is InChI=1S/C32H35F2N5O7/c1-18(40)35-15-22-16-39(32(44)46-22)21-6-7-27(25(33)13-21)45-12-2-3-19-8-10-37(11-9-19)30-26(34)14-23-28(41)24(31(42)43)17-38(20-4-5-20)29(23)36-30/h6-7,13-14,17,19-20,22H,2-5,8-12,15-16H2,1H3,(H,35,40)(H,42,43)/t22-/m0/s1. The fraction of sp³-hybridized carbons (Fsp3) is 0.469. The van der Waals surface area contributed by atoms with E-state index in [1.807, 2.05) is 4.90 Å². The lowest BCUT2D eigenvalue weighted by Crippen LogP contribution is -2.35. The molecule has 1 atom stereocenters. The first-order valence-corrected chi connectivity index (χ1v) is 15.5. The zero-order valence-electron chi connectivity index (χ0n) is 25.3. The summed E-state index contributed by atoms with van der Waals surface area (Å²) in [6, 6.07) is 5.45. The molecule has 244 valence electrons. The number of amides is 2. The first kappa shape index (κ1) is 31.2. The fourth-order valence-corrected chi connectivity index (χ4v) is 6.10. The molecule has 2 amide bonds. The molecule has 2 saturated heterocycles. The van der Waals surface area contributed by atoms with E-state index >= 15 is 4.39 Å². The number of aromatic nitrogens is 2. The number of carboxylic acid groups (broad SMARTS) is 1. The molecule has 0 unspecified atom stereocenters. The van der Waals surface area contributed by atoms with Gasteiger partial charge in [0.05, 0.1) is 30.8 Å². The minimum Gasteiger partial charge on any atom is -0.491 e. The number of halogens is 2. The van der Waals surface area contributed by atoms with Crippen molar-refractivity contribution in [2.24, 2.45) is 5.92 Å². The number of hydrogen-bond donors (Lipinski definition) is 2. The number of pyridine rings is 2. The molecule has 3 fully saturated rings. The second-order valence-corrected chi connectivity index (χ2v) is 12.1. The zero-order chi connectivity index (χ0) is 32.5. The summed E-state index contributed by atoms with van der Waals surface area (Å²) in [6.45, 7) is 3.19. The number of nitrogens with one attached hydrogen (secondary N) is 1. The molecule has 2 aliphatic heterocycles. The van der Waals surface area contributed by atoms with Crippen LogP contribution < -0.4 is 25.3 Å². The summed E-state index contributed by atoms with van der Waals surface area (Å²) in [5.41, 5.74) is -0.482. The number of cyclic esters (lactones) is 1. The van der Waals surface area contributed by atoms with Crippen molar-refractivity contribution in [1.82, 2.24) is 14.9 Å². The van der Waals surface area contributed by atoms with Crippen LogP contribution in [0, 0.1) is 17.6 Å². The average molecular weight is 640 g/mol. The summed E-state index contributed by atoms with van der Waals surface area (Å²) < 4.78 is 42.6. The molecule has 46 heavy (non-hydrogen) atoms. The summed E-state index contributed by atoms with van der Waals surface area (Å²) in [6.07, 6.45) is 5.00. The Morgan fingerprint density at radius 2 is 1.87 bits per heavy atom. The molecule has 0 bridgehead atoms. The average Bonchev–Trinajstić information content (AvgIpc) is 3.80. The third-order valence-electron chi connectivity index (χ3n) is 8.72. The lowest BCUT2D eigenvalue weighted by Gasteiger charge is -2.33. The number of carbonyl (C=O) groups excluding carboxylic acids is 2. The second-order valence-electron chi connectivity index (χ2n) is 12.1. The first-order chi connectivity index (χ1) is 22.1. The van der Waals surface area contributed by atoms with E-state index in [-0.39, 0.29) is 47.6 Å². The minimum absolute atomic E-state index is 0.0279. The van der Waals surface area contributed by atoms with Crippen molar-refractivity contribution in [2.45, 2.75) is 57.6 Å². The van der Waals surface area contributed by atoms with Gasteiger partial charge < -0.3 is 29.4 Å². The Morgan fingerprint density at radius 3 is 2.54 bits per heavy atom. The largest absolute Gasteiger partial charge is 0.491 e. The molecule has 1 aliphatic carbocycles. The molecule has 12 nitrogen and oxygen atoms in total. The van der Waals surface area contributed by atoms with Gasteiger partial charge in [-0.3, -0.25) is 14.5 Å². The third kappa shape index (κ3) is 6.60. The van der Waals surface area contributed by atoms with Crippen molar-refractivity contribution >= 4 is 40.5 Å². The minimum atomic E-state index is -1.35. The van der Waals surface area contributed by atoms with Crippen LogP contribution in [-0.2, 0) is 9.53 Å². The molecular formula is C32H35F2N5O7. The zero-order valence-corrected chi connectivity index (χ0v) is 25.3. The molecule has 1 saturated carbocycles. The van der Waals surface area contributed by atoms with E-state index in [2.05, 4.69) is 10.3 Å². The third-order valence-corrected chi connectivity index (χ3v) is 8.72. The number of nitrogens with zero attached hydrogens (tertiary/aromatic N) is 4. The van der Waals surface area contributed by atoms with Gasteiger partial charge in [0.2, 0.25) is 11.3 Å². The molecule has 4 heterocycles. The van der Waals surface area contributed by atoms with Gasteiger partial charge in [-0.1, -0.05) is 0 Å². The highest BCUT2D eigenvalue weighted by Crippen LogP contribution is 2.37. The van der Waals surface area contributed by atoms with Crippen molar-refractivity contribution in [3.05, 3.63) is 57.9 Å². The van der Waals surface area contributed by atoms with Crippen molar-refractivity contribution in [3.63, 3.8) is 0 Å². The number of hydrogen-bond acceptors (Lipinski definition) is 8. The number of carboxylic acids is 1. The van der Waals surface area contributed by atoms with Crippen LogP contribution in [0.1, 0.15) is 61.8 Å². The number of carbonyl (C=O) groups is 3. The lowest BCUT2D eigenvalue weighted by molar-refractivity contribution is -0.119. The van der Waals surface area contributed by atoms with Crippen LogP contribution >= 0.6 is 0 Å². The van der Waals surface area contributed by atoms with Gasteiger partial charge in [-0.2, -0.15) is 0 Å². The van der Waals surface area contributed by atoms with Gasteiger partial charge in [0.25, 0.3) is 0 Å². The molecule has 3 aromatic rings. The van der Waals surface area contributed by atoms with Crippen LogP contribution in [0.4, 0.5) is 25.1 Å². The highest BCUT2D eigenvalue weighted by atomic mass is 19.1. The molecular weight excluding hydrogens is 604 g/mol. The van der Waals surface area contributed by atoms with Gasteiger partial charge in [-0.05, 0) is 62.6 Å². The Kier molecular flexibility index (Phi) is 8.78. The quantitative estimate of drug-likeness (QED) is 0.295. The SMILES string of the molecule is CC(=O)NC[C@H]1CN(c2ccc(OCCCC3CCN(c4nc5c(cc4F)c(=O)c(C(=O)O)cn5C4CC4)CC3)c(F)c2)C(=O)O1. The predicted octanol–water partition coefficient (Wildman–Crippen LogP) is 4.24. The van der Waals surface area contributed by atoms with Gasteiger partial charge in [-0.25, -0.2) is 23.4 Å². The summed E-state index contributed by atoms with van der Waals surface area (Å²) in [4.78, 5) is 55.4. The van der Waals surface area contributed by atoms with Gasteiger partial charge >= 0.3 is 12.1 Å². The Bertz CT molecular complexity index is 1740. The van der Waals surface area contributed by atoms with E-state index in [0.717, 1.165) is 38.2 Å². The Hall–Kier alpha value is -4.75. The van der Waals surface area contributed by atoms with Gasteiger partial charge in [-0.15, -0.1) is 0 Å². The maximum Gasteiger partial charge on any atom is 0.414 e. The van der Waals surface area contributed by atoms with E-state index in [0.29, 0.717) is 43.4 Å². The fourth-order valence-electron chi connectivity index (χ4n) is 6.10. The van der Waals surface area contributed by atoms with Crippen molar-refractivity contribution in [2.75, 3.05) is 42.6 Å². The number of rotatable bonds is 11. The maximum atomic E-state index is 15.2. The second kappa shape index (κ2) is 12.9. The van der Waals surface area contributed by atoms with Crippen LogP contribution in [0.2, 0.25) is 0 Å². The number of benzene rings is 1. The van der Waals surface area contributed by atoms with Crippen molar-refractivity contribution in [3.8, 4) is 5.75 Å². The van der Waals surface area contributed by atoms with E-state index in [4.69, 9.17) is 9.47 Å². The molecule has 14 heteroatoms. The topological polar surface area (TPSA) is 143 Å². The highest BCUT2D eigenvalue weighted by Gasteiger charge is 2.33. The van der Waals surface area contributed by atoms with Crippen molar-refractivity contribution in [1.29, 1.82) is 0 Å². The maximum absolute atomic E-state index is 15.2. The van der Waals surface area contributed by atoms with E-state index in [1.165, 1.54) is 30.2 Å². The highest BCUT2D eigenvalue weighted by molar-refractivity contribution is 5.92. The summed E-state index contributed by atoms with van der Waals surface area (Å²) in [5.74, 6) is -2.22. The Labute approximate surface area is 262 Å². The summed E-state index contributed by atoms with van der Waals surface area (Å²) in [7, 11) is 0. The van der Waals surface area contributed by atoms with Gasteiger partial charge in [0.15, 0.2) is 23.2 Å². The van der Waals surface area contributed by atoms with Gasteiger partial charge in [0.1, 0.15) is 17.3 Å². The van der Waals surface area contributed by atoms with E-state index in [1.54, 1.807) is 10.6 Å². The Morgan fingerprint density at radius 1 is 1.11 bits per heavy atom. The van der Waals surface area contributed by atoms with Crippen LogP contribution in [0.25, 0.3) is 11.0 Å². The number of piperidine rings is 1. The first-order valence-electron chi connectivity index (χ1n) is 15.5. The lowest BCUT2D eigenvalue weighted by atomic mass is 9.92. The van der Waals surface area contributed by atoms with Crippen LogP contribution in [-0.4, -0.2) is 71.5 Å². The number of aromatic carboxylic acids is 1. The van der Waals surface area contributed by atoms with E-state index in [9.17, 15) is 28.7 Å². The van der Waals surface area contributed by atoms with Crippen molar-refractivity contribution < 1.29 is 37.7 Å². The van der Waals surface area contributed by atoms with Crippen LogP contribution in [0.5, 0.6) is 5.75 Å². The summed E-state index contributed by atoms with van der Waals surface area (Å²) in [5, 5.41) is 12.0. The smallest absolute Gasteiger partial charge is 0.414 e. The van der Waals surface area contributed by atoms with E-state index < -0.39 is 35.2 Å². The molecule has 2 N–H and O–H groups in total. The monoisotopic (exact) mass is 639 g/mol. The molecule has 1 aromatic carbocycles. The molecule has 6 rings (SSSR count). The van der Waals surface area contributed by atoms with Crippen LogP contribution in [0.15, 0.2) is 35.3 Å². The molecule has 2 aromatic heterocycles. The van der Waals surface area contributed by atoms with Crippen LogP contribution in [0.3, 0.4) is 0 Å². The number of fused-ring (bicyclic) bond motifs is 1. The Balaban J connectivity index is 1.00. The van der Waals surface area contributed by atoms with Gasteiger partial charge in [0, 0.05) is 38.3 Å². The predicted molar refractivity (Wildman–Crippen MR) is 164 cm³/mol.